The lowest BCUT2D eigenvalue weighted by atomic mass is 9.95. The molecule has 0 spiro atoms. The van der Waals surface area contributed by atoms with Crippen molar-refractivity contribution in [2.24, 2.45) is 5.14 Å². The Morgan fingerprint density at radius 1 is 1.08 bits per heavy atom. The lowest BCUT2D eigenvalue weighted by molar-refractivity contribution is -0.122. The fraction of sp³-hybridized carbons (Fsp3) is 0.278. The molecule has 0 aliphatic carbocycles. The maximum Gasteiger partial charge on any atom is 0.238 e. The highest BCUT2D eigenvalue weighted by molar-refractivity contribution is 7.89. The van der Waals surface area contributed by atoms with Crippen LogP contribution in [-0.2, 0) is 21.2 Å². The maximum absolute atomic E-state index is 12.3. The third kappa shape index (κ3) is 4.91. The summed E-state index contributed by atoms with van der Waals surface area (Å²) in [4.78, 5) is 12.4. The molecule has 0 unspecified atom stereocenters. The highest BCUT2D eigenvalue weighted by Gasteiger charge is 2.17. The summed E-state index contributed by atoms with van der Waals surface area (Å²) in [6.07, 6.45) is 1.36. The number of hydrogen-bond acceptors (Lipinski definition) is 3. The zero-order chi connectivity index (χ0) is 17.6. The quantitative estimate of drug-likeness (QED) is 0.805. The van der Waals surface area contributed by atoms with Crippen molar-refractivity contribution in [2.75, 3.05) is 6.54 Å². The number of primary sulfonamides is 1. The van der Waals surface area contributed by atoms with Gasteiger partial charge >= 0.3 is 0 Å². The Morgan fingerprint density at radius 3 is 2.25 bits per heavy atom. The van der Waals surface area contributed by atoms with E-state index in [1.165, 1.54) is 12.1 Å². The number of rotatable bonds is 7. The van der Waals surface area contributed by atoms with Gasteiger partial charge in [-0.05, 0) is 36.1 Å². The summed E-state index contributed by atoms with van der Waals surface area (Å²) in [7, 11) is -3.67. The monoisotopic (exact) mass is 346 g/mol. The highest BCUT2D eigenvalue weighted by Crippen LogP contribution is 2.19. The molecule has 1 atom stereocenters. The summed E-state index contributed by atoms with van der Waals surface area (Å²) in [5.74, 6) is -0.152. The first-order valence-electron chi connectivity index (χ1n) is 7.86. The molecule has 24 heavy (non-hydrogen) atoms. The van der Waals surface area contributed by atoms with Gasteiger partial charge in [0.15, 0.2) is 0 Å². The lowest BCUT2D eigenvalue weighted by Gasteiger charge is -2.15. The van der Waals surface area contributed by atoms with Crippen LogP contribution in [0.2, 0.25) is 0 Å². The number of amides is 1. The molecule has 0 aromatic heterocycles. The van der Waals surface area contributed by atoms with Gasteiger partial charge in [0.1, 0.15) is 0 Å². The normalized spacial score (nSPS) is 12.6. The summed E-state index contributed by atoms with van der Waals surface area (Å²) < 4.78 is 22.4. The number of carbonyl (C=O) groups is 1. The van der Waals surface area contributed by atoms with Crippen molar-refractivity contribution in [3.05, 3.63) is 65.7 Å². The van der Waals surface area contributed by atoms with E-state index in [1.54, 1.807) is 12.1 Å². The fourth-order valence-electron chi connectivity index (χ4n) is 2.56. The molecule has 2 aromatic rings. The molecular weight excluding hydrogens is 324 g/mol. The molecule has 0 fully saturated rings. The van der Waals surface area contributed by atoms with Crippen molar-refractivity contribution in [1.29, 1.82) is 0 Å². The average molecular weight is 346 g/mol. The van der Waals surface area contributed by atoms with Crippen LogP contribution in [0, 0.1) is 0 Å². The van der Waals surface area contributed by atoms with E-state index in [-0.39, 0.29) is 16.7 Å². The van der Waals surface area contributed by atoms with E-state index in [2.05, 4.69) is 5.32 Å². The summed E-state index contributed by atoms with van der Waals surface area (Å²) in [5, 5.41) is 8.01. The van der Waals surface area contributed by atoms with Crippen LogP contribution in [0.4, 0.5) is 0 Å². The molecule has 0 heterocycles. The standard InChI is InChI=1S/C18H22N2O3S/c1-2-17(15-6-4-3-5-7-15)18(21)20-13-12-14-8-10-16(11-9-14)24(19,22)23/h3-11,17H,2,12-13H2,1H3,(H,20,21)(H2,19,22,23)/t17-/m1/s1. The van der Waals surface area contributed by atoms with Gasteiger partial charge in [0, 0.05) is 6.54 Å². The van der Waals surface area contributed by atoms with Crippen molar-refractivity contribution in [3.8, 4) is 0 Å². The molecule has 0 saturated heterocycles. The molecule has 0 aliphatic heterocycles. The molecule has 6 heteroatoms. The van der Waals surface area contributed by atoms with Gasteiger partial charge in [0.25, 0.3) is 0 Å². The Bertz CT molecular complexity index is 772. The zero-order valence-corrected chi connectivity index (χ0v) is 14.4. The van der Waals surface area contributed by atoms with Gasteiger partial charge in [-0.1, -0.05) is 49.4 Å². The molecule has 2 rings (SSSR count). The summed E-state index contributed by atoms with van der Waals surface area (Å²) in [6.45, 7) is 2.49. The van der Waals surface area contributed by atoms with Gasteiger partial charge in [-0.3, -0.25) is 4.79 Å². The van der Waals surface area contributed by atoms with Crippen LogP contribution in [0.5, 0.6) is 0 Å². The second kappa shape index (κ2) is 8.08. The summed E-state index contributed by atoms with van der Waals surface area (Å²) in [5.41, 5.74) is 1.95. The van der Waals surface area contributed by atoms with Crippen LogP contribution in [-0.4, -0.2) is 20.9 Å². The highest BCUT2D eigenvalue weighted by atomic mass is 32.2. The van der Waals surface area contributed by atoms with Crippen molar-refractivity contribution >= 4 is 15.9 Å². The van der Waals surface area contributed by atoms with Crippen molar-refractivity contribution in [1.82, 2.24) is 5.32 Å². The van der Waals surface area contributed by atoms with E-state index in [1.807, 2.05) is 37.3 Å². The van der Waals surface area contributed by atoms with Crippen LogP contribution in [0.25, 0.3) is 0 Å². The van der Waals surface area contributed by atoms with Crippen LogP contribution in [0.15, 0.2) is 59.5 Å². The molecule has 1 amide bonds. The number of sulfonamides is 1. The van der Waals surface area contributed by atoms with Crippen molar-refractivity contribution in [3.63, 3.8) is 0 Å². The molecule has 3 N–H and O–H groups in total. The Balaban J connectivity index is 1.90. The third-order valence-electron chi connectivity index (χ3n) is 3.89. The van der Waals surface area contributed by atoms with Gasteiger partial charge in [-0.2, -0.15) is 0 Å². The predicted molar refractivity (Wildman–Crippen MR) is 94.0 cm³/mol. The first-order valence-corrected chi connectivity index (χ1v) is 9.41. The molecule has 128 valence electrons. The smallest absolute Gasteiger partial charge is 0.238 e. The molecule has 0 radical (unpaired) electrons. The van der Waals surface area contributed by atoms with Gasteiger partial charge in [-0.15, -0.1) is 0 Å². The fourth-order valence-corrected chi connectivity index (χ4v) is 3.07. The Labute approximate surface area is 142 Å². The third-order valence-corrected chi connectivity index (χ3v) is 4.82. The number of carbonyl (C=O) groups excluding carboxylic acids is 1. The molecule has 0 bridgehead atoms. The first kappa shape index (κ1) is 18.2. The van der Waals surface area contributed by atoms with E-state index in [0.29, 0.717) is 13.0 Å². The minimum atomic E-state index is -3.67. The molecule has 2 aromatic carbocycles. The van der Waals surface area contributed by atoms with E-state index in [0.717, 1.165) is 17.5 Å². The van der Waals surface area contributed by atoms with Gasteiger partial charge in [-0.25, -0.2) is 13.6 Å². The summed E-state index contributed by atoms with van der Waals surface area (Å²) in [6, 6.07) is 16.1. The van der Waals surface area contributed by atoms with E-state index in [9.17, 15) is 13.2 Å². The number of nitrogens with one attached hydrogen (secondary N) is 1. The van der Waals surface area contributed by atoms with Gasteiger partial charge < -0.3 is 5.32 Å². The zero-order valence-electron chi connectivity index (χ0n) is 13.6. The van der Waals surface area contributed by atoms with Gasteiger partial charge in [0.2, 0.25) is 15.9 Å². The summed E-state index contributed by atoms with van der Waals surface area (Å²) >= 11 is 0. The largest absolute Gasteiger partial charge is 0.355 e. The molecular formula is C18H22N2O3S. The molecule has 5 nitrogen and oxygen atoms in total. The molecule has 0 aliphatic rings. The average Bonchev–Trinajstić information content (AvgIpc) is 2.56. The Morgan fingerprint density at radius 2 is 1.71 bits per heavy atom. The lowest BCUT2D eigenvalue weighted by Crippen LogP contribution is -2.30. The topological polar surface area (TPSA) is 89.3 Å². The van der Waals surface area contributed by atoms with Crippen LogP contribution < -0.4 is 10.5 Å². The van der Waals surface area contributed by atoms with Crippen LogP contribution in [0.3, 0.4) is 0 Å². The Hall–Kier alpha value is -2.18. The van der Waals surface area contributed by atoms with Crippen molar-refractivity contribution in [2.45, 2.75) is 30.6 Å². The number of benzene rings is 2. The van der Waals surface area contributed by atoms with Crippen molar-refractivity contribution < 1.29 is 13.2 Å². The van der Waals surface area contributed by atoms with Crippen LogP contribution in [0.1, 0.15) is 30.4 Å². The van der Waals surface area contributed by atoms with E-state index >= 15 is 0 Å². The predicted octanol–water partition coefficient (Wildman–Crippen LogP) is 2.19. The SMILES string of the molecule is CC[C@@H](C(=O)NCCc1ccc(S(N)(=O)=O)cc1)c1ccccc1. The first-order chi connectivity index (χ1) is 11.4. The van der Waals surface area contributed by atoms with E-state index < -0.39 is 10.0 Å². The maximum atomic E-state index is 12.3. The van der Waals surface area contributed by atoms with E-state index in [4.69, 9.17) is 5.14 Å². The van der Waals surface area contributed by atoms with Gasteiger partial charge in [0.05, 0.1) is 10.8 Å². The number of nitrogens with two attached hydrogens (primary N) is 1. The molecule has 0 saturated carbocycles. The second-order valence-electron chi connectivity index (χ2n) is 5.60. The number of hydrogen-bond donors (Lipinski definition) is 2. The minimum absolute atomic E-state index is 0.00450. The Kier molecular flexibility index (Phi) is 6.11. The second-order valence-corrected chi connectivity index (χ2v) is 7.16. The minimum Gasteiger partial charge on any atom is -0.355 e. The van der Waals surface area contributed by atoms with Crippen LogP contribution >= 0.6 is 0 Å².